The Morgan fingerprint density at radius 1 is 1.07 bits per heavy atom. The van der Waals surface area contributed by atoms with Gasteiger partial charge in [0.2, 0.25) is 5.75 Å². The number of fused-ring (bicyclic) bond motifs is 1. The third-order valence-corrected chi connectivity index (χ3v) is 4.23. The van der Waals surface area contributed by atoms with Crippen molar-refractivity contribution in [1.82, 2.24) is 14.6 Å². The number of anilines is 1. The van der Waals surface area contributed by atoms with Crippen molar-refractivity contribution in [3.63, 3.8) is 0 Å². The van der Waals surface area contributed by atoms with E-state index in [1.807, 2.05) is 0 Å². The molecule has 0 spiro atoms. The third kappa shape index (κ3) is 3.96. The van der Waals surface area contributed by atoms with Gasteiger partial charge in [0.1, 0.15) is 6.61 Å². The number of nitrogens with one attached hydrogen (secondary N) is 1. The number of aryl methyl sites for hydroxylation is 1. The van der Waals surface area contributed by atoms with Gasteiger partial charge in [-0.05, 0) is 24.6 Å². The van der Waals surface area contributed by atoms with Gasteiger partial charge in [0.25, 0.3) is 0 Å². The molecule has 154 valence electrons. The summed E-state index contributed by atoms with van der Waals surface area (Å²) >= 11 is 0. The topological polar surface area (TPSA) is 105 Å². The van der Waals surface area contributed by atoms with Crippen LogP contribution in [0.25, 0.3) is 5.65 Å². The number of rotatable bonds is 7. The predicted octanol–water partition coefficient (Wildman–Crippen LogP) is 2.82. The number of amides is 1. The van der Waals surface area contributed by atoms with Gasteiger partial charge >= 0.3 is 6.09 Å². The minimum atomic E-state index is -0.614. The van der Waals surface area contributed by atoms with Crippen LogP contribution in [0.3, 0.4) is 0 Å². The molecule has 0 aliphatic heterocycles. The molecule has 2 aromatic heterocycles. The van der Waals surface area contributed by atoms with E-state index in [0.717, 1.165) is 5.56 Å². The third-order valence-electron chi connectivity index (χ3n) is 4.23. The molecule has 0 fully saturated rings. The van der Waals surface area contributed by atoms with Crippen LogP contribution in [0.1, 0.15) is 11.3 Å². The van der Waals surface area contributed by atoms with Crippen molar-refractivity contribution in [3.05, 3.63) is 35.7 Å². The summed E-state index contributed by atoms with van der Waals surface area (Å²) in [4.78, 5) is 15.9. The number of benzene rings is 1. The smallest absolute Gasteiger partial charge is 0.412 e. The minimum absolute atomic E-state index is 0.224. The van der Waals surface area contributed by atoms with Crippen LogP contribution in [-0.2, 0) is 11.3 Å². The maximum absolute atomic E-state index is 11.5. The van der Waals surface area contributed by atoms with Crippen LogP contribution in [-0.4, -0.2) is 49.1 Å². The number of aromatic nitrogens is 3. The largest absolute Gasteiger partial charge is 0.493 e. The van der Waals surface area contributed by atoms with Crippen molar-refractivity contribution in [1.29, 1.82) is 0 Å². The van der Waals surface area contributed by atoms with Crippen LogP contribution in [0.4, 0.5) is 10.6 Å². The summed E-state index contributed by atoms with van der Waals surface area (Å²) in [6, 6.07) is 5.31. The molecule has 0 bridgehead atoms. The van der Waals surface area contributed by atoms with Crippen LogP contribution in [0.15, 0.2) is 24.4 Å². The lowest BCUT2D eigenvalue weighted by atomic mass is 10.2. The van der Waals surface area contributed by atoms with Gasteiger partial charge in [-0.2, -0.15) is 5.10 Å². The van der Waals surface area contributed by atoms with Gasteiger partial charge in [-0.15, -0.1) is 0 Å². The quantitative estimate of drug-likeness (QED) is 0.643. The Morgan fingerprint density at radius 2 is 1.76 bits per heavy atom. The van der Waals surface area contributed by atoms with Crippen molar-refractivity contribution in [2.75, 3.05) is 33.8 Å². The fourth-order valence-electron chi connectivity index (χ4n) is 2.79. The molecule has 0 saturated carbocycles. The van der Waals surface area contributed by atoms with E-state index >= 15 is 0 Å². The molecule has 10 heteroatoms. The van der Waals surface area contributed by atoms with E-state index in [0.29, 0.717) is 40.2 Å². The molecule has 1 amide bonds. The highest BCUT2D eigenvalue weighted by atomic mass is 16.5. The number of nitrogens with zero attached hydrogens (tertiary/aromatic N) is 3. The van der Waals surface area contributed by atoms with Crippen LogP contribution < -0.4 is 24.3 Å². The molecule has 29 heavy (non-hydrogen) atoms. The predicted molar refractivity (Wildman–Crippen MR) is 104 cm³/mol. The number of carbonyl (C=O) groups is 1. The standard InChI is InChI=1S/C19H22N4O6/c1-11-17(22-19(24)28-5)21-18-13(6-7-20-23(11)18)29-10-12-8-14(25-2)16(27-4)15(9-12)26-3/h6-9H,10H2,1-5H3,(H,22,24). The second-order valence-electron chi connectivity index (χ2n) is 5.92. The van der Waals surface area contributed by atoms with Gasteiger partial charge < -0.3 is 23.7 Å². The Balaban J connectivity index is 1.89. The molecule has 0 saturated heterocycles. The van der Waals surface area contributed by atoms with Crippen molar-refractivity contribution >= 4 is 17.6 Å². The van der Waals surface area contributed by atoms with Gasteiger partial charge in [0, 0.05) is 6.07 Å². The average Bonchev–Trinajstić information content (AvgIpc) is 3.07. The van der Waals surface area contributed by atoms with Gasteiger partial charge in [0.05, 0.1) is 40.3 Å². The summed E-state index contributed by atoms with van der Waals surface area (Å²) in [5.74, 6) is 2.41. The Labute approximate surface area is 167 Å². The van der Waals surface area contributed by atoms with E-state index in [2.05, 4.69) is 20.1 Å². The Kier molecular flexibility index (Phi) is 5.91. The fourth-order valence-corrected chi connectivity index (χ4v) is 2.79. The normalized spacial score (nSPS) is 10.5. The lowest BCUT2D eigenvalue weighted by Crippen LogP contribution is -2.12. The first-order chi connectivity index (χ1) is 14.0. The number of imidazole rings is 1. The van der Waals surface area contributed by atoms with E-state index in [4.69, 9.17) is 18.9 Å². The zero-order valence-corrected chi connectivity index (χ0v) is 16.8. The molecule has 0 aliphatic rings. The highest BCUT2D eigenvalue weighted by Crippen LogP contribution is 2.38. The summed E-state index contributed by atoms with van der Waals surface area (Å²) in [5, 5.41) is 6.81. The zero-order chi connectivity index (χ0) is 21.0. The average molecular weight is 402 g/mol. The Morgan fingerprint density at radius 3 is 2.34 bits per heavy atom. The second kappa shape index (κ2) is 8.55. The SMILES string of the molecule is COC(=O)Nc1nc2c(OCc3cc(OC)c(OC)c(OC)c3)ccnn2c1C. The first-order valence-electron chi connectivity index (χ1n) is 8.63. The molecule has 0 atom stereocenters. The number of carbonyl (C=O) groups excluding carboxylic acids is 1. The summed E-state index contributed by atoms with van der Waals surface area (Å²) in [5.41, 5.74) is 1.91. The molecule has 10 nitrogen and oxygen atoms in total. The first kappa shape index (κ1) is 20.1. The number of methoxy groups -OCH3 is 4. The van der Waals surface area contributed by atoms with Crippen LogP contribution in [0.2, 0.25) is 0 Å². The Hall–Kier alpha value is -3.69. The van der Waals surface area contributed by atoms with Gasteiger partial charge in [-0.25, -0.2) is 14.3 Å². The van der Waals surface area contributed by atoms with Crippen molar-refractivity contribution in [3.8, 4) is 23.0 Å². The monoisotopic (exact) mass is 402 g/mol. The Bertz CT molecular complexity index is 1010. The van der Waals surface area contributed by atoms with E-state index in [9.17, 15) is 4.79 Å². The van der Waals surface area contributed by atoms with Gasteiger partial charge in [-0.3, -0.25) is 5.32 Å². The number of ether oxygens (including phenoxy) is 5. The summed E-state index contributed by atoms with van der Waals surface area (Å²) < 4.78 is 28.2. The maximum Gasteiger partial charge on any atom is 0.412 e. The molecular formula is C19H22N4O6. The number of hydrogen-bond acceptors (Lipinski definition) is 8. The maximum atomic E-state index is 11.5. The van der Waals surface area contributed by atoms with E-state index in [1.165, 1.54) is 7.11 Å². The molecule has 2 heterocycles. The summed E-state index contributed by atoms with van der Waals surface area (Å²) in [6.45, 7) is 2.00. The molecule has 0 radical (unpaired) electrons. The lowest BCUT2D eigenvalue weighted by molar-refractivity contribution is 0.187. The summed E-state index contributed by atoms with van der Waals surface area (Å²) in [6.07, 6.45) is 0.977. The fraction of sp³-hybridized carbons (Fsp3) is 0.316. The van der Waals surface area contributed by atoms with E-state index in [-0.39, 0.29) is 6.61 Å². The molecule has 3 aromatic rings. The van der Waals surface area contributed by atoms with Crippen molar-refractivity contribution in [2.24, 2.45) is 0 Å². The summed E-state index contributed by atoms with van der Waals surface area (Å²) in [7, 11) is 5.93. The minimum Gasteiger partial charge on any atom is -0.493 e. The first-order valence-corrected chi connectivity index (χ1v) is 8.63. The lowest BCUT2D eigenvalue weighted by Gasteiger charge is -2.14. The zero-order valence-electron chi connectivity index (χ0n) is 16.8. The molecule has 1 aromatic carbocycles. The highest BCUT2D eigenvalue weighted by Gasteiger charge is 2.17. The van der Waals surface area contributed by atoms with Crippen LogP contribution in [0.5, 0.6) is 23.0 Å². The molecule has 1 N–H and O–H groups in total. The molecule has 0 aliphatic carbocycles. The second-order valence-corrected chi connectivity index (χ2v) is 5.92. The van der Waals surface area contributed by atoms with E-state index in [1.54, 1.807) is 57.2 Å². The molecular weight excluding hydrogens is 380 g/mol. The van der Waals surface area contributed by atoms with Gasteiger partial charge in [-0.1, -0.05) is 0 Å². The van der Waals surface area contributed by atoms with Crippen molar-refractivity contribution in [2.45, 2.75) is 13.5 Å². The number of hydrogen-bond donors (Lipinski definition) is 1. The van der Waals surface area contributed by atoms with Crippen LogP contribution in [0, 0.1) is 6.92 Å². The van der Waals surface area contributed by atoms with Gasteiger partial charge in [0.15, 0.2) is 28.7 Å². The molecule has 3 rings (SSSR count). The van der Waals surface area contributed by atoms with Crippen molar-refractivity contribution < 1.29 is 28.5 Å². The molecule has 0 unspecified atom stereocenters. The van der Waals surface area contributed by atoms with E-state index < -0.39 is 6.09 Å². The van der Waals surface area contributed by atoms with Crippen LogP contribution >= 0.6 is 0 Å². The highest BCUT2D eigenvalue weighted by molar-refractivity contribution is 5.84.